The fourth-order valence-electron chi connectivity index (χ4n) is 3.72. The topological polar surface area (TPSA) is 119 Å². The number of benzene rings is 3. The van der Waals surface area contributed by atoms with Crippen LogP contribution in [0, 0.1) is 0 Å². The third-order valence-corrected chi connectivity index (χ3v) is 5.65. The number of nitrogens with zero attached hydrogens (tertiary/aromatic N) is 2. The smallest absolute Gasteiger partial charge is 0.359 e. The SMILES string of the molecule is O=C(COC(=O)c1nn(-c2ccccc2)c(=O)c2ccccc12)Nc1cccc(C(=O)NC2CC2)c1. The molecule has 0 atom stereocenters. The van der Waals surface area contributed by atoms with Gasteiger partial charge in [-0.25, -0.2) is 4.79 Å². The molecule has 2 amide bonds. The molecule has 36 heavy (non-hydrogen) atoms. The first-order chi connectivity index (χ1) is 17.5. The van der Waals surface area contributed by atoms with Crippen LogP contribution in [0.4, 0.5) is 5.69 Å². The van der Waals surface area contributed by atoms with E-state index >= 15 is 0 Å². The number of anilines is 1. The summed E-state index contributed by atoms with van der Waals surface area (Å²) < 4.78 is 6.37. The quantitative estimate of drug-likeness (QED) is 0.391. The lowest BCUT2D eigenvalue weighted by Gasteiger charge is -2.11. The van der Waals surface area contributed by atoms with Crippen LogP contribution in [0.1, 0.15) is 33.7 Å². The Hall–Kier alpha value is -4.79. The van der Waals surface area contributed by atoms with Crippen molar-refractivity contribution >= 4 is 34.2 Å². The van der Waals surface area contributed by atoms with Crippen LogP contribution in [0.3, 0.4) is 0 Å². The fraction of sp³-hybridized carbons (Fsp3) is 0.148. The molecule has 3 aromatic carbocycles. The predicted molar refractivity (Wildman–Crippen MR) is 133 cm³/mol. The van der Waals surface area contributed by atoms with E-state index in [-0.39, 0.29) is 23.2 Å². The van der Waals surface area contributed by atoms with Crippen LogP contribution in [-0.4, -0.2) is 40.2 Å². The van der Waals surface area contributed by atoms with Crippen molar-refractivity contribution in [1.29, 1.82) is 0 Å². The lowest BCUT2D eigenvalue weighted by Crippen LogP contribution is -2.27. The van der Waals surface area contributed by atoms with Gasteiger partial charge in [0, 0.05) is 22.7 Å². The molecule has 1 heterocycles. The number of hydrogen-bond acceptors (Lipinski definition) is 6. The lowest BCUT2D eigenvalue weighted by atomic mass is 10.1. The maximum Gasteiger partial charge on any atom is 0.359 e. The number of nitrogens with one attached hydrogen (secondary N) is 2. The highest BCUT2D eigenvalue weighted by molar-refractivity contribution is 6.03. The minimum atomic E-state index is -0.844. The van der Waals surface area contributed by atoms with Crippen LogP contribution in [0.2, 0.25) is 0 Å². The monoisotopic (exact) mass is 482 g/mol. The van der Waals surface area contributed by atoms with Crippen molar-refractivity contribution in [1.82, 2.24) is 15.1 Å². The fourth-order valence-corrected chi connectivity index (χ4v) is 3.72. The largest absolute Gasteiger partial charge is 0.451 e. The second-order valence-corrected chi connectivity index (χ2v) is 8.40. The molecule has 4 aromatic rings. The second-order valence-electron chi connectivity index (χ2n) is 8.40. The van der Waals surface area contributed by atoms with E-state index in [1.807, 2.05) is 0 Å². The summed E-state index contributed by atoms with van der Waals surface area (Å²) >= 11 is 0. The zero-order chi connectivity index (χ0) is 25.1. The van der Waals surface area contributed by atoms with Crippen molar-refractivity contribution in [3.8, 4) is 5.69 Å². The first-order valence-corrected chi connectivity index (χ1v) is 11.4. The van der Waals surface area contributed by atoms with E-state index in [4.69, 9.17) is 4.74 Å². The molecule has 1 fully saturated rings. The Kier molecular flexibility index (Phi) is 6.27. The Morgan fingerprint density at radius 1 is 0.917 bits per heavy atom. The molecule has 0 unspecified atom stereocenters. The van der Waals surface area contributed by atoms with E-state index in [0.717, 1.165) is 17.5 Å². The van der Waals surface area contributed by atoms with Crippen LogP contribution < -0.4 is 16.2 Å². The Morgan fingerprint density at radius 2 is 1.64 bits per heavy atom. The zero-order valence-corrected chi connectivity index (χ0v) is 19.1. The number of carbonyl (C=O) groups is 3. The molecule has 180 valence electrons. The van der Waals surface area contributed by atoms with Crippen LogP contribution in [0.5, 0.6) is 0 Å². The molecular weight excluding hydrogens is 460 g/mol. The van der Waals surface area contributed by atoms with Crippen LogP contribution >= 0.6 is 0 Å². The second kappa shape index (κ2) is 9.83. The number of amides is 2. The first-order valence-electron chi connectivity index (χ1n) is 11.4. The van der Waals surface area contributed by atoms with Crippen molar-refractivity contribution in [3.05, 3.63) is 100 Å². The van der Waals surface area contributed by atoms with Crippen molar-refractivity contribution < 1.29 is 19.1 Å². The number of hydrogen-bond donors (Lipinski definition) is 2. The van der Waals surface area contributed by atoms with Gasteiger partial charge in [0.05, 0.1) is 11.1 Å². The molecule has 9 heteroatoms. The number of esters is 1. The summed E-state index contributed by atoms with van der Waals surface area (Å²) in [6, 6.07) is 22.0. The first kappa shape index (κ1) is 23.0. The van der Waals surface area contributed by atoms with Crippen LogP contribution in [0.25, 0.3) is 16.5 Å². The molecule has 5 rings (SSSR count). The van der Waals surface area contributed by atoms with Crippen molar-refractivity contribution in [3.63, 3.8) is 0 Å². The van der Waals surface area contributed by atoms with Gasteiger partial charge in [-0.3, -0.25) is 14.4 Å². The van der Waals surface area contributed by atoms with Gasteiger partial charge in [0.15, 0.2) is 12.3 Å². The Bertz CT molecular complexity index is 1530. The van der Waals surface area contributed by atoms with Gasteiger partial charge < -0.3 is 15.4 Å². The van der Waals surface area contributed by atoms with Gasteiger partial charge >= 0.3 is 5.97 Å². The summed E-state index contributed by atoms with van der Waals surface area (Å²) in [7, 11) is 0. The van der Waals surface area contributed by atoms with E-state index in [1.165, 1.54) is 0 Å². The summed E-state index contributed by atoms with van der Waals surface area (Å²) in [5, 5.41) is 10.4. The van der Waals surface area contributed by atoms with Gasteiger partial charge in [-0.05, 0) is 49.2 Å². The molecule has 9 nitrogen and oxygen atoms in total. The third-order valence-electron chi connectivity index (χ3n) is 5.65. The normalized spacial score (nSPS) is 12.7. The molecule has 1 aliphatic rings. The van der Waals surface area contributed by atoms with E-state index in [1.54, 1.807) is 78.9 Å². The minimum Gasteiger partial charge on any atom is -0.451 e. The summed E-state index contributed by atoms with van der Waals surface area (Å²) in [6.45, 7) is -0.572. The Morgan fingerprint density at radius 3 is 2.39 bits per heavy atom. The molecule has 0 aliphatic heterocycles. The molecule has 0 saturated heterocycles. The highest BCUT2D eigenvalue weighted by atomic mass is 16.5. The van der Waals surface area contributed by atoms with E-state index in [9.17, 15) is 19.2 Å². The van der Waals surface area contributed by atoms with Crippen molar-refractivity contribution in [2.45, 2.75) is 18.9 Å². The number of para-hydroxylation sites is 1. The zero-order valence-electron chi connectivity index (χ0n) is 19.1. The molecule has 0 radical (unpaired) electrons. The summed E-state index contributed by atoms with van der Waals surface area (Å²) in [4.78, 5) is 50.6. The Balaban J connectivity index is 1.31. The molecule has 1 aliphatic carbocycles. The predicted octanol–water partition coefficient (Wildman–Crippen LogP) is 3.07. The van der Waals surface area contributed by atoms with Gasteiger partial charge in [-0.1, -0.05) is 42.5 Å². The molecular formula is C27H22N4O5. The van der Waals surface area contributed by atoms with Crippen LogP contribution in [0.15, 0.2) is 83.7 Å². The highest BCUT2D eigenvalue weighted by Gasteiger charge is 2.24. The van der Waals surface area contributed by atoms with Crippen LogP contribution in [-0.2, 0) is 9.53 Å². The average Bonchev–Trinajstić information content (AvgIpc) is 3.72. The van der Waals surface area contributed by atoms with Gasteiger partial charge in [0.1, 0.15) is 0 Å². The van der Waals surface area contributed by atoms with E-state index in [0.29, 0.717) is 27.7 Å². The van der Waals surface area contributed by atoms with Crippen molar-refractivity contribution in [2.75, 3.05) is 11.9 Å². The van der Waals surface area contributed by atoms with Gasteiger partial charge in [0.25, 0.3) is 17.4 Å². The highest BCUT2D eigenvalue weighted by Crippen LogP contribution is 2.20. The molecule has 0 spiro atoms. The number of rotatable bonds is 7. The average molecular weight is 482 g/mol. The molecule has 1 aromatic heterocycles. The molecule has 0 bridgehead atoms. The maximum absolute atomic E-state index is 13.0. The third kappa shape index (κ3) is 5.00. The van der Waals surface area contributed by atoms with E-state index < -0.39 is 18.5 Å². The number of fused-ring (bicyclic) bond motifs is 1. The summed E-state index contributed by atoms with van der Waals surface area (Å²) in [5.41, 5.74) is 0.860. The van der Waals surface area contributed by atoms with Gasteiger partial charge in [-0.2, -0.15) is 9.78 Å². The number of aromatic nitrogens is 2. The molecule has 1 saturated carbocycles. The van der Waals surface area contributed by atoms with Gasteiger partial charge in [0.2, 0.25) is 0 Å². The summed E-state index contributed by atoms with van der Waals surface area (Å²) in [6.07, 6.45) is 1.95. The summed E-state index contributed by atoms with van der Waals surface area (Å²) in [5.74, 6) is -1.63. The van der Waals surface area contributed by atoms with Crippen molar-refractivity contribution in [2.24, 2.45) is 0 Å². The standard InChI is InChI=1S/C27H22N4O5/c32-23(28-19-8-6-7-17(15-19)25(33)29-18-13-14-18)16-36-27(35)24-21-11-4-5-12-22(21)26(34)31(30-24)20-9-2-1-3-10-20/h1-12,15,18H,13-14,16H2,(H,28,32)(H,29,33). The van der Waals surface area contributed by atoms with E-state index in [2.05, 4.69) is 15.7 Å². The molecule has 2 N–H and O–H groups in total. The minimum absolute atomic E-state index is 0.0828. The number of carbonyl (C=O) groups excluding carboxylic acids is 3. The lowest BCUT2D eigenvalue weighted by molar-refractivity contribution is -0.119. The van der Waals surface area contributed by atoms with Gasteiger partial charge in [-0.15, -0.1) is 0 Å². The Labute approximate surface area is 205 Å². The maximum atomic E-state index is 13.0. The number of ether oxygens (including phenoxy) is 1.